The first-order valence-electron chi connectivity index (χ1n) is 7.79. The molecule has 1 saturated carbocycles. The molecule has 116 valence electrons. The van der Waals surface area contributed by atoms with Gasteiger partial charge in [0.1, 0.15) is 17.5 Å². The zero-order chi connectivity index (χ0) is 15.2. The SMILES string of the molecule is O=C(Nc1ccc2nc([C@@H]3CCCO3)[nH]c2c1)C1(O)CCC1. The van der Waals surface area contributed by atoms with Crippen LogP contribution in [0, 0.1) is 0 Å². The van der Waals surface area contributed by atoms with Crippen molar-refractivity contribution in [2.75, 3.05) is 11.9 Å². The average molecular weight is 301 g/mol. The first kappa shape index (κ1) is 13.7. The van der Waals surface area contributed by atoms with Crippen molar-refractivity contribution in [3.63, 3.8) is 0 Å². The number of aliphatic hydroxyl groups is 1. The fourth-order valence-corrected chi connectivity index (χ4v) is 3.04. The van der Waals surface area contributed by atoms with Crippen molar-refractivity contribution in [1.29, 1.82) is 0 Å². The van der Waals surface area contributed by atoms with Crippen LogP contribution in [0.3, 0.4) is 0 Å². The molecule has 1 atom stereocenters. The second-order valence-corrected chi connectivity index (χ2v) is 6.19. The lowest BCUT2D eigenvalue weighted by atomic mass is 9.79. The Hall–Kier alpha value is -1.92. The van der Waals surface area contributed by atoms with Crippen LogP contribution < -0.4 is 5.32 Å². The van der Waals surface area contributed by atoms with Gasteiger partial charge in [-0.15, -0.1) is 0 Å². The zero-order valence-corrected chi connectivity index (χ0v) is 12.3. The van der Waals surface area contributed by atoms with E-state index in [1.165, 1.54) is 0 Å². The Kier molecular flexibility index (Phi) is 3.16. The fourth-order valence-electron chi connectivity index (χ4n) is 3.04. The largest absolute Gasteiger partial charge is 0.380 e. The predicted molar refractivity (Wildman–Crippen MR) is 81.5 cm³/mol. The highest BCUT2D eigenvalue weighted by atomic mass is 16.5. The van der Waals surface area contributed by atoms with Crippen molar-refractivity contribution >= 4 is 22.6 Å². The van der Waals surface area contributed by atoms with Gasteiger partial charge in [-0.05, 0) is 50.3 Å². The molecule has 0 spiro atoms. The number of benzene rings is 1. The van der Waals surface area contributed by atoms with E-state index in [2.05, 4.69) is 15.3 Å². The van der Waals surface area contributed by atoms with Crippen LogP contribution in [0.1, 0.15) is 44.0 Å². The van der Waals surface area contributed by atoms with Crippen molar-refractivity contribution in [1.82, 2.24) is 9.97 Å². The molecule has 0 unspecified atom stereocenters. The van der Waals surface area contributed by atoms with E-state index in [-0.39, 0.29) is 12.0 Å². The molecule has 2 aromatic rings. The van der Waals surface area contributed by atoms with Crippen LogP contribution in [0.4, 0.5) is 5.69 Å². The van der Waals surface area contributed by atoms with Crippen LogP contribution in [0.5, 0.6) is 0 Å². The Morgan fingerprint density at radius 1 is 1.41 bits per heavy atom. The van der Waals surface area contributed by atoms with Gasteiger partial charge in [0.15, 0.2) is 0 Å². The molecule has 2 aliphatic rings. The summed E-state index contributed by atoms with van der Waals surface area (Å²) in [7, 11) is 0. The van der Waals surface area contributed by atoms with Crippen molar-refractivity contribution in [2.24, 2.45) is 0 Å². The van der Waals surface area contributed by atoms with E-state index >= 15 is 0 Å². The summed E-state index contributed by atoms with van der Waals surface area (Å²) in [5, 5.41) is 12.8. The molecule has 1 amide bonds. The Morgan fingerprint density at radius 2 is 2.27 bits per heavy atom. The summed E-state index contributed by atoms with van der Waals surface area (Å²) in [5.41, 5.74) is 1.20. The van der Waals surface area contributed by atoms with Crippen LogP contribution in [-0.4, -0.2) is 33.2 Å². The van der Waals surface area contributed by atoms with Crippen molar-refractivity contribution in [3.8, 4) is 0 Å². The van der Waals surface area contributed by atoms with Crippen molar-refractivity contribution < 1.29 is 14.6 Å². The molecule has 2 heterocycles. The molecule has 22 heavy (non-hydrogen) atoms. The predicted octanol–water partition coefficient (Wildman–Crippen LogP) is 2.27. The van der Waals surface area contributed by atoms with Crippen LogP contribution in [0.2, 0.25) is 0 Å². The molecule has 2 fully saturated rings. The molecule has 0 bridgehead atoms. The summed E-state index contributed by atoms with van der Waals surface area (Å²) < 4.78 is 5.63. The number of hydrogen-bond acceptors (Lipinski definition) is 4. The normalized spacial score (nSPS) is 23.4. The summed E-state index contributed by atoms with van der Waals surface area (Å²) in [6.45, 7) is 0.779. The molecular formula is C16H19N3O3. The minimum absolute atomic E-state index is 0.0427. The maximum absolute atomic E-state index is 12.1. The number of nitrogens with zero attached hydrogens (tertiary/aromatic N) is 1. The number of anilines is 1. The minimum Gasteiger partial charge on any atom is -0.380 e. The third-order valence-electron chi connectivity index (χ3n) is 4.60. The number of aromatic nitrogens is 2. The van der Waals surface area contributed by atoms with Gasteiger partial charge in [0.05, 0.1) is 11.0 Å². The highest BCUT2D eigenvalue weighted by Gasteiger charge is 2.42. The van der Waals surface area contributed by atoms with E-state index in [0.29, 0.717) is 18.5 Å². The first-order chi connectivity index (χ1) is 10.6. The number of rotatable bonds is 3. The molecule has 6 heteroatoms. The molecule has 0 radical (unpaired) electrons. The Labute approximate surface area is 127 Å². The van der Waals surface area contributed by atoms with Gasteiger partial charge in [0.25, 0.3) is 5.91 Å². The number of H-pyrrole nitrogens is 1. The van der Waals surface area contributed by atoms with E-state index in [1.54, 1.807) is 0 Å². The summed E-state index contributed by atoms with van der Waals surface area (Å²) in [4.78, 5) is 19.9. The van der Waals surface area contributed by atoms with Gasteiger partial charge in [-0.3, -0.25) is 4.79 Å². The molecule has 1 saturated heterocycles. The standard InChI is InChI=1S/C16H19N3O3/c20-15(16(21)6-2-7-16)17-10-4-5-11-12(9-10)19-14(18-11)13-3-1-8-22-13/h4-5,9,13,21H,1-3,6-8H2,(H,17,20)(H,18,19)/t13-/m0/s1. The Bertz CT molecular complexity index is 714. The van der Waals surface area contributed by atoms with E-state index in [0.717, 1.165) is 42.7 Å². The van der Waals surface area contributed by atoms with E-state index in [1.807, 2.05) is 18.2 Å². The van der Waals surface area contributed by atoms with Crippen LogP contribution in [0.25, 0.3) is 11.0 Å². The maximum atomic E-state index is 12.1. The minimum atomic E-state index is -1.19. The molecule has 3 N–H and O–H groups in total. The number of amides is 1. The lowest BCUT2D eigenvalue weighted by molar-refractivity contribution is -0.142. The van der Waals surface area contributed by atoms with Gasteiger partial charge in [-0.25, -0.2) is 4.98 Å². The highest BCUT2D eigenvalue weighted by Crippen LogP contribution is 2.33. The maximum Gasteiger partial charge on any atom is 0.256 e. The van der Waals surface area contributed by atoms with Crippen molar-refractivity contribution in [3.05, 3.63) is 24.0 Å². The molecule has 4 rings (SSSR count). The van der Waals surface area contributed by atoms with Gasteiger partial charge in [0.2, 0.25) is 0 Å². The van der Waals surface area contributed by atoms with Gasteiger partial charge in [-0.2, -0.15) is 0 Å². The second kappa shape index (κ2) is 5.07. The molecule has 1 aliphatic carbocycles. The summed E-state index contributed by atoms with van der Waals surface area (Å²) in [5.74, 6) is 0.519. The number of ether oxygens (including phenoxy) is 1. The quantitative estimate of drug-likeness (QED) is 0.811. The molecule has 1 aromatic heterocycles. The monoisotopic (exact) mass is 301 g/mol. The number of hydrogen-bond donors (Lipinski definition) is 3. The topological polar surface area (TPSA) is 87.2 Å². The number of aromatic amines is 1. The van der Waals surface area contributed by atoms with Crippen LogP contribution >= 0.6 is 0 Å². The molecule has 1 aliphatic heterocycles. The smallest absolute Gasteiger partial charge is 0.256 e. The third kappa shape index (κ3) is 2.28. The molecule has 1 aromatic carbocycles. The Balaban J connectivity index is 1.56. The van der Waals surface area contributed by atoms with E-state index < -0.39 is 5.60 Å². The van der Waals surface area contributed by atoms with E-state index in [9.17, 15) is 9.90 Å². The first-order valence-corrected chi connectivity index (χ1v) is 7.79. The van der Waals surface area contributed by atoms with Crippen LogP contribution in [0.15, 0.2) is 18.2 Å². The summed E-state index contributed by atoms with van der Waals surface area (Å²) >= 11 is 0. The lowest BCUT2D eigenvalue weighted by Crippen LogP contribution is -2.48. The zero-order valence-electron chi connectivity index (χ0n) is 12.3. The number of imidazole rings is 1. The third-order valence-corrected chi connectivity index (χ3v) is 4.60. The number of carbonyl (C=O) groups excluding carboxylic acids is 1. The van der Waals surface area contributed by atoms with Gasteiger partial charge in [-0.1, -0.05) is 0 Å². The number of fused-ring (bicyclic) bond motifs is 1. The second-order valence-electron chi connectivity index (χ2n) is 6.19. The van der Waals surface area contributed by atoms with Crippen LogP contribution in [-0.2, 0) is 9.53 Å². The highest BCUT2D eigenvalue weighted by molar-refractivity contribution is 5.99. The van der Waals surface area contributed by atoms with Crippen molar-refractivity contribution in [2.45, 2.75) is 43.8 Å². The molecule has 6 nitrogen and oxygen atoms in total. The summed E-state index contributed by atoms with van der Waals surface area (Å²) in [6.07, 6.45) is 4.05. The van der Waals surface area contributed by atoms with Gasteiger partial charge >= 0.3 is 0 Å². The number of carbonyl (C=O) groups is 1. The average Bonchev–Trinajstić information content (AvgIpc) is 3.12. The number of nitrogens with one attached hydrogen (secondary N) is 2. The lowest BCUT2D eigenvalue weighted by Gasteiger charge is -2.34. The molecular weight excluding hydrogens is 282 g/mol. The van der Waals surface area contributed by atoms with Gasteiger partial charge < -0.3 is 20.1 Å². The van der Waals surface area contributed by atoms with Gasteiger partial charge in [0, 0.05) is 12.3 Å². The summed E-state index contributed by atoms with van der Waals surface area (Å²) in [6, 6.07) is 5.52. The van der Waals surface area contributed by atoms with E-state index in [4.69, 9.17) is 4.74 Å². The fraction of sp³-hybridized carbons (Fsp3) is 0.500. The Morgan fingerprint density at radius 3 is 2.95 bits per heavy atom.